The molecule has 0 radical (unpaired) electrons. The summed E-state index contributed by atoms with van der Waals surface area (Å²) in [6.07, 6.45) is 2.03. The summed E-state index contributed by atoms with van der Waals surface area (Å²) in [5.41, 5.74) is 0.944. The van der Waals surface area contributed by atoms with E-state index in [4.69, 9.17) is 0 Å². The van der Waals surface area contributed by atoms with Gasteiger partial charge in [-0.3, -0.25) is 4.79 Å². The van der Waals surface area contributed by atoms with Crippen molar-refractivity contribution >= 4 is 17.7 Å². The van der Waals surface area contributed by atoms with Crippen LogP contribution in [0.1, 0.15) is 30.6 Å². The van der Waals surface area contributed by atoms with Gasteiger partial charge in [-0.2, -0.15) is 0 Å². The van der Waals surface area contributed by atoms with Gasteiger partial charge in [0, 0.05) is 13.6 Å². The first-order valence-corrected chi connectivity index (χ1v) is 7.82. The molecule has 1 aromatic heterocycles. The number of aryl methyl sites for hydroxylation is 1. The molecule has 0 aliphatic rings. The van der Waals surface area contributed by atoms with Gasteiger partial charge >= 0.3 is 0 Å². The van der Waals surface area contributed by atoms with Crippen molar-refractivity contribution in [2.24, 2.45) is 7.05 Å². The van der Waals surface area contributed by atoms with Crippen LogP contribution in [-0.2, 0) is 11.8 Å². The first kappa shape index (κ1) is 15.5. The molecule has 1 N–H and O–H groups in total. The fraction of sp³-hybridized carbons (Fsp3) is 0.429. The number of aromatic nitrogens is 4. The van der Waals surface area contributed by atoms with E-state index in [9.17, 15) is 4.79 Å². The van der Waals surface area contributed by atoms with Crippen LogP contribution in [-0.4, -0.2) is 32.7 Å². The van der Waals surface area contributed by atoms with Crippen molar-refractivity contribution in [3.63, 3.8) is 0 Å². The van der Waals surface area contributed by atoms with Crippen molar-refractivity contribution in [3.8, 4) is 0 Å². The molecule has 1 atom stereocenters. The van der Waals surface area contributed by atoms with Crippen molar-refractivity contribution in [1.82, 2.24) is 25.5 Å². The van der Waals surface area contributed by atoms with Gasteiger partial charge in [-0.25, -0.2) is 4.68 Å². The maximum Gasteiger partial charge on any atom is 0.238 e. The molecular formula is C14H19N5OS. The summed E-state index contributed by atoms with van der Waals surface area (Å²) < 4.78 is 1.57. The zero-order chi connectivity index (χ0) is 15.1. The number of hydrogen-bond donors (Lipinski definition) is 1. The first-order valence-electron chi connectivity index (χ1n) is 6.94. The Bertz CT molecular complexity index is 572. The second-order valence-corrected chi connectivity index (χ2v) is 5.71. The first-order chi connectivity index (χ1) is 10.2. The molecule has 6 nitrogen and oxygen atoms in total. The lowest BCUT2D eigenvalue weighted by molar-refractivity contribution is -0.120. The van der Waals surface area contributed by atoms with Gasteiger partial charge in [-0.1, -0.05) is 55.4 Å². The molecule has 1 aromatic carbocycles. The molecule has 0 fully saturated rings. The van der Waals surface area contributed by atoms with Gasteiger partial charge in [0.1, 0.15) is 5.25 Å². The van der Waals surface area contributed by atoms with Gasteiger partial charge in [0.2, 0.25) is 11.1 Å². The van der Waals surface area contributed by atoms with Crippen LogP contribution in [0.4, 0.5) is 0 Å². The molecule has 0 aliphatic carbocycles. The van der Waals surface area contributed by atoms with E-state index in [1.807, 2.05) is 30.3 Å². The number of amides is 1. The Morgan fingerprint density at radius 2 is 2.14 bits per heavy atom. The minimum atomic E-state index is -0.354. The van der Waals surface area contributed by atoms with E-state index in [-0.39, 0.29) is 11.2 Å². The molecule has 21 heavy (non-hydrogen) atoms. The Hall–Kier alpha value is -1.89. The zero-order valence-electron chi connectivity index (χ0n) is 12.2. The quantitative estimate of drug-likeness (QED) is 0.625. The predicted molar refractivity (Wildman–Crippen MR) is 81.8 cm³/mol. The lowest BCUT2D eigenvalue weighted by Gasteiger charge is -2.15. The summed E-state index contributed by atoms with van der Waals surface area (Å²) in [4.78, 5) is 12.4. The van der Waals surface area contributed by atoms with Crippen LogP contribution in [0.25, 0.3) is 0 Å². The minimum Gasteiger partial charge on any atom is -0.355 e. The number of carbonyl (C=O) groups is 1. The molecule has 0 saturated heterocycles. The molecule has 0 unspecified atom stereocenters. The van der Waals surface area contributed by atoms with Crippen LogP contribution in [0.5, 0.6) is 0 Å². The average Bonchev–Trinajstić information content (AvgIpc) is 2.91. The molecule has 7 heteroatoms. The molecule has 2 rings (SSSR count). The molecule has 112 valence electrons. The van der Waals surface area contributed by atoms with Crippen molar-refractivity contribution in [2.45, 2.75) is 30.2 Å². The highest BCUT2D eigenvalue weighted by molar-refractivity contribution is 8.00. The Balaban J connectivity index is 2.14. The average molecular weight is 305 g/mol. The molecule has 0 bridgehead atoms. The van der Waals surface area contributed by atoms with Crippen LogP contribution >= 0.6 is 11.8 Å². The van der Waals surface area contributed by atoms with Crippen LogP contribution in [0.15, 0.2) is 35.5 Å². The smallest absolute Gasteiger partial charge is 0.238 e. The maximum atomic E-state index is 12.4. The van der Waals surface area contributed by atoms with E-state index in [1.54, 1.807) is 11.7 Å². The third-order valence-electron chi connectivity index (χ3n) is 2.97. The van der Waals surface area contributed by atoms with Gasteiger partial charge in [0.05, 0.1) is 0 Å². The van der Waals surface area contributed by atoms with E-state index in [0.717, 1.165) is 18.4 Å². The van der Waals surface area contributed by atoms with Crippen LogP contribution in [0, 0.1) is 0 Å². The fourth-order valence-electron chi connectivity index (χ4n) is 1.81. The van der Waals surface area contributed by atoms with Crippen molar-refractivity contribution in [2.75, 3.05) is 6.54 Å². The largest absolute Gasteiger partial charge is 0.355 e. The summed E-state index contributed by atoms with van der Waals surface area (Å²) in [7, 11) is 1.76. The second-order valence-electron chi connectivity index (χ2n) is 4.64. The number of thioether (sulfide) groups is 1. The van der Waals surface area contributed by atoms with E-state index in [0.29, 0.717) is 11.7 Å². The number of nitrogens with one attached hydrogen (secondary N) is 1. The Kier molecular flexibility index (Phi) is 5.74. The number of hydrogen-bond acceptors (Lipinski definition) is 5. The normalized spacial score (nSPS) is 12.1. The number of rotatable bonds is 7. The Labute approximate surface area is 128 Å². The number of benzene rings is 1. The third kappa shape index (κ3) is 4.29. The molecule has 1 amide bonds. The lowest BCUT2D eigenvalue weighted by Crippen LogP contribution is -2.29. The Morgan fingerprint density at radius 1 is 1.38 bits per heavy atom. The monoisotopic (exact) mass is 305 g/mol. The summed E-state index contributed by atoms with van der Waals surface area (Å²) in [6.45, 7) is 2.79. The maximum absolute atomic E-state index is 12.4. The van der Waals surface area contributed by atoms with Crippen LogP contribution in [0.3, 0.4) is 0 Å². The molecular weight excluding hydrogens is 286 g/mol. The molecule has 0 spiro atoms. The summed E-state index contributed by atoms with van der Waals surface area (Å²) in [6, 6.07) is 9.68. The molecule has 2 aromatic rings. The zero-order valence-corrected chi connectivity index (χ0v) is 13.0. The predicted octanol–water partition coefficient (Wildman–Crippen LogP) is 1.96. The SMILES string of the molecule is CCCCNC(=O)[C@@H](Sc1nnnn1C)c1ccccc1. The number of unbranched alkanes of at least 4 members (excludes halogenated alkanes) is 1. The fourth-order valence-corrected chi connectivity index (χ4v) is 2.78. The van der Waals surface area contributed by atoms with Gasteiger partial charge in [-0.05, 0) is 22.4 Å². The van der Waals surface area contributed by atoms with Gasteiger partial charge in [-0.15, -0.1) is 5.10 Å². The summed E-state index contributed by atoms with van der Waals surface area (Å²) in [5, 5.41) is 14.6. The van der Waals surface area contributed by atoms with E-state index >= 15 is 0 Å². The van der Waals surface area contributed by atoms with Crippen molar-refractivity contribution in [3.05, 3.63) is 35.9 Å². The highest BCUT2D eigenvalue weighted by atomic mass is 32.2. The minimum absolute atomic E-state index is 0.0114. The van der Waals surface area contributed by atoms with E-state index in [1.165, 1.54) is 11.8 Å². The van der Waals surface area contributed by atoms with Gasteiger partial charge < -0.3 is 5.32 Å². The summed E-state index contributed by atoms with van der Waals surface area (Å²) >= 11 is 1.36. The van der Waals surface area contributed by atoms with E-state index in [2.05, 4.69) is 27.8 Å². The highest BCUT2D eigenvalue weighted by Gasteiger charge is 2.23. The lowest BCUT2D eigenvalue weighted by atomic mass is 10.1. The van der Waals surface area contributed by atoms with E-state index < -0.39 is 0 Å². The van der Waals surface area contributed by atoms with Crippen LogP contribution in [0.2, 0.25) is 0 Å². The standard InChI is InChI=1S/C14H19N5OS/c1-3-4-10-15-13(20)12(11-8-6-5-7-9-11)21-14-16-17-18-19(14)2/h5-9,12H,3-4,10H2,1-2H3,(H,15,20)/t12-/m0/s1. The third-order valence-corrected chi connectivity index (χ3v) is 4.25. The van der Waals surface area contributed by atoms with Crippen molar-refractivity contribution < 1.29 is 4.79 Å². The molecule has 0 saturated carbocycles. The number of nitrogens with zero attached hydrogens (tertiary/aromatic N) is 4. The Morgan fingerprint density at radius 3 is 2.76 bits per heavy atom. The van der Waals surface area contributed by atoms with Gasteiger partial charge in [0.15, 0.2) is 0 Å². The summed E-state index contributed by atoms with van der Waals surface area (Å²) in [5.74, 6) is -0.0114. The topological polar surface area (TPSA) is 72.7 Å². The molecule has 0 aliphatic heterocycles. The second kappa shape index (κ2) is 7.78. The molecule has 1 heterocycles. The number of carbonyl (C=O) groups excluding carboxylic acids is 1. The highest BCUT2D eigenvalue weighted by Crippen LogP contribution is 2.33. The van der Waals surface area contributed by atoms with Crippen molar-refractivity contribution in [1.29, 1.82) is 0 Å². The number of tetrazole rings is 1. The van der Waals surface area contributed by atoms with Gasteiger partial charge in [0.25, 0.3) is 0 Å². The van der Waals surface area contributed by atoms with Crippen LogP contribution < -0.4 is 5.32 Å².